The number of hydrogen-bond acceptors (Lipinski definition) is 3. The van der Waals surface area contributed by atoms with Crippen molar-refractivity contribution in [2.24, 2.45) is 5.73 Å². The van der Waals surface area contributed by atoms with Crippen molar-refractivity contribution >= 4 is 33.3 Å². The molecule has 6 heteroatoms. The smallest absolute Gasteiger partial charge is 0.169 e. The molecular formula is C14H14BrFN4. The average Bonchev–Trinajstić information content (AvgIpc) is 2.42. The molecular weight excluding hydrogens is 323 g/mol. The number of hydrogen-bond donors (Lipinski definition) is 2. The quantitative estimate of drug-likeness (QED) is 0.649. The van der Waals surface area contributed by atoms with Crippen molar-refractivity contribution in [1.82, 2.24) is 4.98 Å². The lowest BCUT2D eigenvalue weighted by atomic mass is 10.2. The lowest BCUT2D eigenvalue weighted by molar-refractivity contribution is 0.617. The van der Waals surface area contributed by atoms with Crippen LogP contribution in [-0.2, 0) is 0 Å². The Bertz CT molecular complexity index is 603. The van der Waals surface area contributed by atoms with E-state index in [-0.39, 0.29) is 11.7 Å². The standard InChI is InChI=1S/C14H14BrFN4/c15-10-8-12(16)14(19-9-10)20(7-6-13(17)18)11-4-2-1-3-5-11/h1-5,8-9H,6-7H2,(H3,17,18). The Balaban J connectivity index is 2.37. The zero-order chi connectivity index (χ0) is 14.5. The number of para-hydroxylation sites is 1. The van der Waals surface area contributed by atoms with E-state index in [1.54, 1.807) is 11.1 Å². The van der Waals surface area contributed by atoms with Crippen LogP contribution in [0.25, 0.3) is 0 Å². The average molecular weight is 337 g/mol. The van der Waals surface area contributed by atoms with E-state index in [0.29, 0.717) is 17.4 Å². The summed E-state index contributed by atoms with van der Waals surface area (Å²) in [5.41, 5.74) is 6.20. The van der Waals surface area contributed by atoms with Crippen molar-refractivity contribution in [3.63, 3.8) is 0 Å². The van der Waals surface area contributed by atoms with E-state index >= 15 is 0 Å². The molecule has 0 fully saturated rings. The number of benzene rings is 1. The topological polar surface area (TPSA) is 66.0 Å². The molecule has 20 heavy (non-hydrogen) atoms. The maximum absolute atomic E-state index is 14.1. The molecule has 2 aromatic rings. The summed E-state index contributed by atoms with van der Waals surface area (Å²) in [6, 6.07) is 10.7. The van der Waals surface area contributed by atoms with Gasteiger partial charge < -0.3 is 10.6 Å². The van der Waals surface area contributed by atoms with Gasteiger partial charge in [0, 0.05) is 29.3 Å². The van der Waals surface area contributed by atoms with Gasteiger partial charge in [-0.05, 0) is 34.1 Å². The van der Waals surface area contributed by atoms with Crippen LogP contribution in [0.3, 0.4) is 0 Å². The van der Waals surface area contributed by atoms with E-state index in [1.807, 2.05) is 30.3 Å². The van der Waals surface area contributed by atoms with Gasteiger partial charge in [-0.3, -0.25) is 5.41 Å². The fourth-order valence-corrected chi connectivity index (χ4v) is 2.11. The van der Waals surface area contributed by atoms with Crippen molar-refractivity contribution in [2.45, 2.75) is 6.42 Å². The Labute approximate surface area is 125 Å². The summed E-state index contributed by atoms with van der Waals surface area (Å²) < 4.78 is 14.7. The van der Waals surface area contributed by atoms with Crippen molar-refractivity contribution in [3.8, 4) is 0 Å². The highest BCUT2D eigenvalue weighted by Gasteiger charge is 2.15. The minimum atomic E-state index is -0.424. The van der Waals surface area contributed by atoms with E-state index in [9.17, 15) is 4.39 Å². The number of rotatable bonds is 5. The molecule has 104 valence electrons. The van der Waals surface area contributed by atoms with Gasteiger partial charge in [-0.15, -0.1) is 0 Å². The summed E-state index contributed by atoms with van der Waals surface area (Å²) in [5, 5.41) is 7.33. The van der Waals surface area contributed by atoms with Crippen LogP contribution in [0.1, 0.15) is 6.42 Å². The molecule has 0 aliphatic rings. The first-order valence-corrected chi connectivity index (χ1v) is 6.84. The van der Waals surface area contributed by atoms with Crippen molar-refractivity contribution in [1.29, 1.82) is 5.41 Å². The summed E-state index contributed by atoms with van der Waals surface area (Å²) in [6.07, 6.45) is 1.88. The second kappa shape index (κ2) is 6.47. The van der Waals surface area contributed by atoms with Crippen LogP contribution in [0.15, 0.2) is 47.1 Å². The van der Waals surface area contributed by atoms with Gasteiger partial charge in [0.2, 0.25) is 0 Å². The summed E-state index contributed by atoms with van der Waals surface area (Å²) in [4.78, 5) is 5.84. The van der Waals surface area contributed by atoms with E-state index in [4.69, 9.17) is 11.1 Å². The molecule has 0 saturated heterocycles. The number of nitrogens with zero attached hydrogens (tertiary/aromatic N) is 2. The minimum absolute atomic E-state index is 0.0588. The Kier molecular flexibility index (Phi) is 4.68. The SMILES string of the molecule is N=C(N)CCN(c1ccccc1)c1ncc(Br)cc1F. The van der Waals surface area contributed by atoms with Gasteiger partial charge in [-0.1, -0.05) is 18.2 Å². The molecule has 3 N–H and O–H groups in total. The molecule has 2 rings (SSSR count). The minimum Gasteiger partial charge on any atom is -0.388 e. The molecule has 0 aliphatic carbocycles. The number of amidine groups is 1. The molecule has 0 bridgehead atoms. The summed E-state index contributed by atoms with van der Waals surface area (Å²) in [7, 11) is 0. The van der Waals surface area contributed by atoms with Crippen LogP contribution in [0.5, 0.6) is 0 Å². The van der Waals surface area contributed by atoms with Gasteiger partial charge in [-0.25, -0.2) is 9.37 Å². The molecule has 0 saturated carbocycles. The van der Waals surface area contributed by atoms with Gasteiger partial charge in [0.15, 0.2) is 11.6 Å². The highest BCUT2D eigenvalue weighted by molar-refractivity contribution is 9.10. The van der Waals surface area contributed by atoms with Crippen molar-refractivity contribution < 1.29 is 4.39 Å². The highest BCUT2D eigenvalue weighted by atomic mass is 79.9. The maximum Gasteiger partial charge on any atom is 0.169 e. The summed E-state index contributed by atoms with van der Waals surface area (Å²) in [5.74, 6) is -0.143. The van der Waals surface area contributed by atoms with Crippen molar-refractivity contribution in [3.05, 3.63) is 52.9 Å². The van der Waals surface area contributed by atoms with E-state index in [0.717, 1.165) is 5.69 Å². The first-order chi connectivity index (χ1) is 9.58. The maximum atomic E-state index is 14.1. The normalized spacial score (nSPS) is 10.3. The molecule has 1 aromatic carbocycles. The molecule has 0 amide bonds. The zero-order valence-electron chi connectivity index (χ0n) is 10.7. The van der Waals surface area contributed by atoms with Crippen LogP contribution in [0.4, 0.5) is 15.9 Å². The lowest BCUT2D eigenvalue weighted by Crippen LogP contribution is -2.25. The third-order valence-corrected chi connectivity index (χ3v) is 3.15. The van der Waals surface area contributed by atoms with E-state index in [2.05, 4.69) is 20.9 Å². The number of halogens is 2. The van der Waals surface area contributed by atoms with Crippen LogP contribution in [0.2, 0.25) is 0 Å². The van der Waals surface area contributed by atoms with E-state index < -0.39 is 5.82 Å². The van der Waals surface area contributed by atoms with Crippen LogP contribution in [0, 0.1) is 11.2 Å². The van der Waals surface area contributed by atoms with E-state index in [1.165, 1.54) is 6.07 Å². The second-order valence-corrected chi connectivity index (χ2v) is 5.14. The van der Waals surface area contributed by atoms with Gasteiger partial charge in [0.1, 0.15) is 0 Å². The Morgan fingerprint density at radius 3 is 2.65 bits per heavy atom. The third kappa shape index (κ3) is 3.54. The van der Waals surface area contributed by atoms with Gasteiger partial charge in [-0.2, -0.15) is 0 Å². The molecule has 0 atom stereocenters. The first kappa shape index (κ1) is 14.5. The number of aromatic nitrogens is 1. The van der Waals surface area contributed by atoms with Crippen LogP contribution in [-0.4, -0.2) is 17.4 Å². The predicted octanol–water partition coefficient (Wildman–Crippen LogP) is 3.45. The van der Waals surface area contributed by atoms with Gasteiger partial charge >= 0.3 is 0 Å². The second-order valence-electron chi connectivity index (χ2n) is 4.22. The summed E-state index contributed by atoms with van der Waals surface area (Å²) in [6.45, 7) is 0.394. The molecule has 4 nitrogen and oxygen atoms in total. The van der Waals surface area contributed by atoms with Crippen LogP contribution < -0.4 is 10.6 Å². The fourth-order valence-electron chi connectivity index (χ4n) is 1.80. The lowest BCUT2D eigenvalue weighted by Gasteiger charge is -2.24. The Morgan fingerprint density at radius 2 is 2.05 bits per heavy atom. The number of nitrogens with one attached hydrogen (secondary N) is 1. The third-order valence-electron chi connectivity index (χ3n) is 2.72. The zero-order valence-corrected chi connectivity index (χ0v) is 12.3. The molecule has 0 spiro atoms. The molecule has 1 heterocycles. The number of nitrogens with two attached hydrogens (primary N) is 1. The fraction of sp³-hybridized carbons (Fsp3) is 0.143. The first-order valence-electron chi connectivity index (χ1n) is 6.04. The van der Waals surface area contributed by atoms with Gasteiger partial charge in [0.25, 0.3) is 0 Å². The highest BCUT2D eigenvalue weighted by Crippen LogP contribution is 2.27. The van der Waals surface area contributed by atoms with Crippen molar-refractivity contribution in [2.75, 3.05) is 11.4 Å². The van der Waals surface area contributed by atoms with Gasteiger partial charge in [0.05, 0.1) is 5.84 Å². The molecule has 0 unspecified atom stereocenters. The Hall–Kier alpha value is -1.95. The largest absolute Gasteiger partial charge is 0.388 e. The predicted molar refractivity (Wildman–Crippen MR) is 81.9 cm³/mol. The Morgan fingerprint density at radius 1 is 1.35 bits per heavy atom. The number of pyridine rings is 1. The number of anilines is 2. The molecule has 0 aliphatic heterocycles. The molecule has 0 radical (unpaired) electrons. The summed E-state index contributed by atoms with van der Waals surface area (Å²) >= 11 is 3.19. The molecule has 1 aromatic heterocycles. The van der Waals surface area contributed by atoms with Crippen LogP contribution >= 0.6 is 15.9 Å². The monoisotopic (exact) mass is 336 g/mol.